The highest BCUT2D eigenvalue weighted by molar-refractivity contribution is 7.10. The van der Waals surface area contributed by atoms with Crippen molar-refractivity contribution in [2.45, 2.75) is 50.6 Å². The first-order valence-corrected chi connectivity index (χ1v) is 9.39. The van der Waals surface area contributed by atoms with Gasteiger partial charge in [-0.1, -0.05) is 13.0 Å². The lowest BCUT2D eigenvalue weighted by Crippen LogP contribution is -2.49. The molecule has 2 aliphatic rings. The largest absolute Gasteiger partial charge is 0.356 e. The molecule has 4 nitrogen and oxygen atoms in total. The molecule has 1 aromatic rings. The van der Waals surface area contributed by atoms with Crippen molar-refractivity contribution >= 4 is 17.3 Å². The molecule has 2 heterocycles. The molecule has 0 amide bonds. The summed E-state index contributed by atoms with van der Waals surface area (Å²) >= 11 is 1.83. The maximum Gasteiger partial charge on any atom is 0.191 e. The van der Waals surface area contributed by atoms with E-state index in [4.69, 9.17) is 0 Å². The van der Waals surface area contributed by atoms with E-state index in [-0.39, 0.29) is 0 Å². The minimum atomic E-state index is 0.523. The molecule has 22 heavy (non-hydrogen) atoms. The topological polar surface area (TPSA) is 39.7 Å². The van der Waals surface area contributed by atoms with E-state index in [0.717, 1.165) is 18.5 Å². The number of hydrogen-bond donors (Lipinski definition) is 2. The van der Waals surface area contributed by atoms with Gasteiger partial charge in [-0.05, 0) is 37.1 Å². The summed E-state index contributed by atoms with van der Waals surface area (Å²) in [5, 5.41) is 9.23. The summed E-state index contributed by atoms with van der Waals surface area (Å²) in [5.41, 5.74) is 0. The minimum Gasteiger partial charge on any atom is -0.356 e. The first-order chi connectivity index (χ1) is 10.8. The maximum absolute atomic E-state index is 4.39. The molecule has 1 saturated carbocycles. The predicted molar refractivity (Wildman–Crippen MR) is 94.8 cm³/mol. The van der Waals surface area contributed by atoms with E-state index in [1.165, 1.54) is 43.6 Å². The van der Waals surface area contributed by atoms with Gasteiger partial charge in [0.2, 0.25) is 0 Å². The standard InChI is InChI=1S/C17H28N4S/c1-13(16-4-3-11-22-16)12-19-17(18-2)20-14-7-9-21(10-8-14)15-5-6-15/h3-4,11,13-15H,5-10,12H2,1-2H3,(H2,18,19,20). The van der Waals surface area contributed by atoms with E-state index >= 15 is 0 Å². The normalized spacial score (nSPS) is 22.5. The summed E-state index contributed by atoms with van der Waals surface area (Å²) in [6, 6.07) is 5.81. The number of likely N-dealkylation sites (tertiary alicyclic amines) is 1. The molecule has 0 bridgehead atoms. The van der Waals surface area contributed by atoms with Gasteiger partial charge in [-0.25, -0.2) is 0 Å². The van der Waals surface area contributed by atoms with Crippen molar-refractivity contribution < 1.29 is 0 Å². The molecule has 0 radical (unpaired) electrons. The molecule has 5 heteroatoms. The van der Waals surface area contributed by atoms with E-state index < -0.39 is 0 Å². The molecule has 1 aliphatic carbocycles. The van der Waals surface area contributed by atoms with E-state index in [0.29, 0.717) is 12.0 Å². The van der Waals surface area contributed by atoms with Crippen LogP contribution in [0.2, 0.25) is 0 Å². The Labute approximate surface area is 138 Å². The number of hydrogen-bond acceptors (Lipinski definition) is 3. The van der Waals surface area contributed by atoms with Crippen LogP contribution in [0.5, 0.6) is 0 Å². The van der Waals surface area contributed by atoms with Gasteiger partial charge in [0.05, 0.1) is 0 Å². The van der Waals surface area contributed by atoms with Crippen LogP contribution in [-0.2, 0) is 0 Å². The number of rotatable bonds is 5. The van der Waals surface area contributed by atoms with Crippen LogP contribution in [0.4, 0.5) is 0 Å². The fourth-order valence-corrected chi connectivity index (χ4v) is 3.95. The molecule has 1 aromatic heterocycles. The van der Waals surface area contributed by atoms with Gasteiger partial charge < -0.3 is 15.5 Å². The van der Waals surface area contributed by atoms with Crippen LogP contribution in [-0.4, -0.2) is 49.6 Å². The fourth-order valence-electron chi connectivity index (χ4n) is 3.16. The average molecular weight is 321 g/mol. The Hall–Kier alpha value is -1.07. The lowest BCUT2D eigenvalue weighted by Gasteiger charge is -2.33. The van der Waals surface area contributed by atoms with E-state index in [1.807, 2.05) is 18.4 Å². The summed E-state index contributed by atoms with van der Waals surface area (Å²) in [5.74, 6) is 1.48. The average Bonchev–Trinajstić information content (AvgIpc) is 3.25. The van der Waals surface area contributed by atoms with Gasteiger partial charge in [-0.3, -0.25) is 4.99 Å². The zero-order chi connectivity index (χ0) is 15.4. The Bertz CT molecular complexity index is 473. The number of guanidine groups is 1. The van der Waals surface area contributed by atoms with Crippen molar-refractivity contribution in [3.8, 4) is 0 Å². The highest BCUT2D eigenvalue weighted by atomic mass is 32.1. The number of aliphatic imine (C=N–C) groups is 1. The third kappa shape index (κ3) is 4.23. The second-order valence-corrected chi connectivity index (χ2v) is 7.53. The zero-order valence-corrected chi connectivity index (χ0v) is 14.5. The Morgan fingerprint density at radius 3 is 2.73 bits per heavy atom. The summed E-state index contributed by atoms with van der Waals surface area (Å²) in [7, 11) is 1.87. The molecular formula is C17H28N4S. The van der Waals surface area contributed by atoms with Gasteiger partial charge in [-0.2, -0.15) is 0 Å². The first kappa shape index (κ1) is 15.8. The molecule has 2 fully saturated rings. The molecule has 1 aliphatic heterocycles. The van der Waals surface area contributed by atoms with Gasteiger partial charge in [-0.15, -0.1) is 11.3 Å². The van der Waals surface area contributed by atoms with Crippen LogP contribution >= 0.6 is 11.3 Å². The molecule has 0 spiro atoms. The number of piperidine rings is 1. The Kier molecular flexibility index (Phi) is 5.37. The second-order valence-electron chi connectivity index (χ2n) is 6.56. The monoisotopic (exact) mass is 320 g/mol. The molecule has 2 N–H and O–H groups in total. The zero-order valence-electron chi connectivity index (χ0n) is 13.7. The number of thiophene rings is 1. The molecule has 3 rings (SSSR count). The SMILES string of the molecule is CN=C(NCC(C)c1cccs1)NC1CCN(C2CC2)CC1. The third-order valence-electron chi connectivity index (χ3n) is 4.76. The molecular weight excluding hydrogens is 292 g/mol. The summed E-state index contributed by atoms with van der Waals surface area (Å²) < 4.78 is 0. The molecule has 1 saturated heterocycles. The lowest BCUT2D eigenvalue weighted by molar-refractivity contribution is 0.197. The quantitative estimate of drug-likeness (QED) is 0.647. The van der Waals surface area contributed by atoms with Crippen LogP contribution in [0.25, 0.3) is 0 Å². The van der Waals surface area contributed by atoms with Crippen molar-refractivity contribution in [2.24, 2.45) is 4.99 Å². The molecule has 1 atom stereocenters. The smallest absolute Gasteiger partial charge is 0.191 e. The van der Waals surface area contributed by atoms with Crippen molar-refractivity contribution in [2.75, 3.05) is 26.7 Å². The van der Waals surface area contributed by atoms with E-state index in [1.54, 1.807) is 0 Å². The van der Waals surface area contributed by atoms with Crippen LogP contribution < -0.4 is 10.6 Å². The first-order valence-electron chi connectivity index (χ1n) is 8.51. The highest BCUT2D eigenvalue weighted by Gasteiger charge is 2.31. The summed E-state index contributed by atoms with van der Waals surface area (Å²) in [6.45, 7) is 5.68. The molecule has 0 aromatic carbocycles. The Morgan fingerprint density at radius 2 is 2.14 bits per heavy atom. The van der Waals surface area contributed by atoms with Crippen LogP contribution in [0.1, 0.15) is 43.4 Å². The maximum atomic E-state index is 4.39. The van der Waals surface area contributed by atoms with Gasteiger partial charge in [0.25, 0.3) is 0 Å². The number of nitrogens with zero attached hydrogens (tertiary/aromatic N) is 2. The van der Waals surface area contributed by atoms with Crippen molar-refractivity contribution in [3.63, 3.8) is 0 Å². The molecule has 1 unspecified atom stereocenters. The summed E-state index contributed by atoms with van der Waals surface area (Å²) in [6.07, 6.45) is 5.30. The summed E-state index contributed by atoms with van der Waals surface area (Å²) in [4.78, 5) is 8.48. The van der Waals surface area contributed by atoms with Gasteiger partial charge in [0.15, 0.2) is 5.96 Å². The third-order valence-corrected chi connectivity index (χ3v) is 5.87. The highest BCUT2D eigenvalue weighted by Crippen LogP contribution is 2.29. The Balaban J connectivity index is 1.40. The van der Waals surface area contributed by atoms with Gasteiger partial charge in [0, 0.05) is 49.6 Å². The van der Waals surface area contributed by atoms with E-state index in [2.05, 4.69) is 45.0 Å². The van der Waals surface area contributed by atoms with Crippen LogP contribution in [0.3, 0.4) is 0 Å². The van der Waals surface area contributed by atoms with Gasteiger partial charge >= 0.3 is 0 Å². The fraction of sp³-hybridized carbons (Fsp3) is 0.706. The lowest BCUT2D eigenvalue weighted by atomic mass is 10.1. The van der Waals surface area contributed by atoms with Crippen LogP contribution in [0.15, 0.2) is 22.5 Å². The van der Waals surface area contributed by atoms with Gasteiger partial charge in [0.1, 0.15) is 0 Å². The van der Waals surface area contributed by atoms with E-state index in [9.17, 15) is 0 Å². The van der Waals surface area contributed by atoms with Crippen LogP contribution in [0, 0.1) is 0 Å². The number of nitrogens with one attached hydrogen (secondary N) is 2. The second kappa shape index (κ2) is 7.47. The van der Waals surface area contributed by atoms with Crippen molar-refractivity contribution in [1.82, 2.24) is 15.5 Å². The van der Waals surface area contributed by atoms with Crippen molar-refractivity contribution in [3.05, 3.63) is 22.4 Å². The minimum absolute atomic E-state index is 0.523. The molecule has 122 valence electrons. The predicted octanol–water partition coefficient (Wildman–Crippen LogP) is 2.64. The van der Waals surface area contributed by atoms with Crippen molar-refractivity contribution in [1.29, 1.82) is 0 Å². The Morgan fingerprint density at radius 1 is 1.36 bits per heavy atom.